The smallest absolute Gasteiger partial charge is 0.337 e. The van der Waals surface area contributed by atoms with E-state index >= 15 is 0 Å². The molecule has 0 bridgehead atoms. The molecule has 0 saturated heterocycles. The summed E-state index contributed by atoms with van der Waals surface area (Å²) < 4.78 is 0. The van der Waals surface area contributed by atoms with Gasteiger partial charge in [-0.1, -0.05) is 29.8 Å². The van der Waals surface area contributed by atoms with E-state index in [1.165, 1.54) is 6.20 Å². The summed E-state index contributed by atoms with van der Waals surface area (Å²) in [6.45, 7) is 0. The number of nitrogens with one attached hydrogen (secondary N) is 1. The molecule has 0 aliphatic carbocycles. The van der Waals surface area contributed by atoms with Gasteiger partial charge in [-0.2, -0.15) is 0 Å². The van der Waals surface area contributed by atoms with E-state index in [0.717, 1.165) is 5.39 Å². The maximum atomic E-state index is 11.1. The number of H-pyrrole nitrogens is 1. The van der Waals surface area contributed by atoms with Gasteiger partial charge in [-0.05, 0) is 6.07 Å². The van der Waals surface area contributed by atoms with Crippen LogP contribution in [0.15, 0.2) is 30.5 Å². The van der Waals surface area contributed by atoms with Crippen LogP contribution in [0.4, 0.5) is 0 Å². The van der Waals surface area contributed by atoms with Crippen LogP contribution >= 0.6 is 11.6 Å². The summed E-state index contributed by atoms with van der Waals surface area (Å²) >= 11 is 6.02. The molecule has 4 nitrogen and oxygen atoms in total. The van der Waals surface area contributed by atoms with Gasteiger partial charge in [0.05, 0.1) is 16.6 Å². The second-order valence-electron chi connectivity index (χ2n) is 3.68. The van der Waals surface area contributed by atoms with Gasteiger partial charge in [-0.3, -0.25) is 0 Å². The third-order valence-corrected chi connectivity index (χ3v) is 2.98. The summed E-state index contributed by atoms with van der Waals surface area (Å²) in [5.41, 5.74) is 1.45. The Hall–Kier alpha value is -2.07. The second kappa shape index (κ2) is 3.46. The van der Waals surface area contributed by atoms with Crippen molar-refractivity contribution in [1.29, 1.82) is 0 Å². The summed E-state index contributed by atoms with van der Waals surface area (Å²) in [7, 11) is 0. The summed E-state index contributed by atoms with van der Waals surface area (Å²) in [5.74, 6) is -0.983. The third kappa shape index (κ3) is 1.38. The maximum Gasteiger partial charge on any atom is 0.337 e. The van der Waals surface area contributed by atoms with Crippen molar-refractivity contribution >= 4 is 39.4 Å². The Morgan fingerprint density at radius 2 is 2.12 bits per heavy atom. The molecule has 5 heteroatoms. The lowest BCUT2D eigenvalue weighted by molar-refractivity contribution is 0.0699. The fourth-order valence-corrected chi connectivity index (χ4v) is 2.22. The van der Waals surface area contributed by atoms with Crippen LogP contribution in [0.5, 0.6) is 0 Å². The van der Waals surface area contributed by atoms with Gasteiger partial charge in [0, 0.05) is 17.0 Å². The Kier molecular flexibility index (Phi) is 2.06. The molecule has 1 aromatic carbocycles. The zero-order valence-electron chi connectivity index (χ0n) is 8.57. The molecule has 0 fully saturated rings. The SMILES string of the molecule is O=C(O)c1c[nH]c2c(Cl)nc3ccccc3c12. The van der Waals surface area contributed by atoms with Gasteiger partial charge < -0.3 is 10.1 Å². The average molecular weight is 247 g/mol. The topological polar surface area (TPSA) is 66.0 Å². The molecule has 0 saturated carbocycles. The minimum Gasteiger partial charge on any atom is -0.478 e. The van der Waals surface area contributed by atoms with Gasteiger partial charge in [-0.25, -0.2) is 9.78 Å². The van der Waals surface area contributed by atoms with E-state index in [-0.39, 0.29) is 10.7 Å². The first-order valence-electron chi connectivity index (χ1n) is 4.97. The molecule has 0 amide bonds. The molecule has 0 spiro atoms. The quantitative estimate of drug-likeness (QED) is 0.649. The number of para-hydroxylation sites is 1. The summed E-state index contributed by atoms with van der Waals surface area (Å²) in [6, 6.07) is 7.32. The number of hydrogen-bond donors (Lipinski definition) is 2. The fourth-order valence-electron chi connectivity index (χ4n) is 1.98. The standard InChI is InChI=1S/C12H7ClN2O2/c13-11-10-9(7(5-14-10)12(16)17)6-3-1-2-4-8(6)15-11/h1-5,14H,(H,16,17). The normalized spacial score (nSPS) is 11.1. The maximum absolute atomic E-state index is 11.1. The van der Waals surface area contributed by atoms with Crippen molar-refractivity contribution in [2.75, 3.05) is 0 Å². The number of carbonyl (C=O) groups is 1. The van der Waals surface area contributed by atoms with E-state index in [4.69, 9.17) is 16.7 Å². The van der Waals surface area contributed by atoms with Crippen molar-refractivity contribution in [2.45, 2.75) is 0 Å². The first-order valence-corrected chi connectivity index (χ1v) is 5.35. The fraction of sp³-hybridized carbons (Fsp3) is 0. The Labute approximate surface area is 101 Å². The molecule has 0 aliphatic heterocycles. The molecule has 0 unspecified atom stereocenters. The van der Waals surface area contributed by atoms with Crippen molar-refractivity contribution in [2.24, 2.45) is 0 Å². The minimum atomic E-state index is -0.983. The number of nitrogens with zero attached hydrogens (tertiary/aromatic N) is 1. The number of hydrogen-bond acceptors (Lipinski definition) is 2. The number of benzene rings is 1. The van der Waals surface area contributed by atoms with Gasteiger partial charge in [0.15, 0.2) is 5.15 Å². The number of aromatic amines is 1. The Bertz CT molecular complexity index is 749. The van der Waals surface area contributed by atoms with Gasteiger partial charge >= 0.3 is 5.97 Å². The van der Waals surface area contributed by atoms with Crippen LogP contribution < -0.4 is 0 Å². The van der Waals surface area contributed by atoms with E-state index in [1.807, 2.05) is 18.2 Å². The number of carboxylic acid groups (broad SMARTS) is 1. The first-order chi connectivity index (χ1) is 8.18. The van der Waals surface area contributed by atoms with Crippen molar-refractivity contribution < 1.29 is 9.90 Å². The Balaban J connectivity index is 2.61. The van der Waals surface area contributed by atoms with Gasteiger partial charge in [0.2, 0.25) is 0 Å². The highest BCUT2D eigenvalue weighted by Crippen LogP contribution is 2.30. The molecule has 84 valence electrons. The van der Waals surface area contributed by atoms with Crippen molar-refractivity contribution in [3.8, 4) is 0 Å². The number of carboxylic acids is 1. The monoisotopic (exact) mass is 246 g/mol. The molecule has 0 aliphatic rings. The van der Waals surface area contributed by atoms with Crippen LogP contribution in [0.2, 0.25) is 5.15 Å². The average Bonchev–Trinajstić information content (AvgIpc) is 2.74. The Morgan fingerprint density at radius 3 is 2.88 bits per heavy atom. The van der Waals surface area contributed by atoms with Crippen LogP contribution in [0.1, 0.15) is 10.4 Å². The second-order valence-corrected chi connectivity index (χ2v) is 4.04. The zero-order valence-corrected chi connectivity index (χ0v) is 9.32. The number of pyridine rings is 1. The van der Waals surface area contributed by atoms with Crippen molar-refractivity contribution in [3.63, 3.8) is 0 Å². The highest BCUT2D eigenvalue weighted by molar-refractivity contribution is 6.36. The van der Waals surface area contributed by atoms with E-state index < -0.39 is 5.97 Å². The number of aromatic nitrogens is 2. The van der Waals surface area contributed by atoms with Crippen LogP contribution in [0.3, 0.4) is 0 Å². The van der Waals surface area contributed by atoms with E-state index in [0.29, 0.717) is 16.4 Å². The summed E-state index contributed by atoms with van der Waals surface area (Å²) in [5, 5.41) is 10.8. The van der Waals surface area contributed by atoms with E-state index in [2.05, 4.69) is 9.97 Å². The highest BCUT2D eigenvalue weighted by Gasteiger charge is 2.16. The number of aromatic carboxylic acids is 1. The van der Waals surface area contributed by atoms with Crippen LogP contribution in [-0.4, -0.2) is 21.0 Å². The molecule has 17 heavy (non-hydrogen) atoms. The highest BCUT2D eigenvalue weighted by atomic mass is 35.5. The first kappa shape index (κ1) is 10.1. The lowest BCUT2D eigenvalue weighted by Gasteiger charge is -2.01. The van der Waals surface area contributed by atoms with Crippen molar-refractivity contribution in [1.82, 2.24) is 9.97 Å². The molecule has 2 N–H and O–H groups in total. The summed E-state index contributed by atoms with van der Waals surface area (Å²) in [6.07, 6.45) is 1.44. The van der Waals surface area contributed by atoms with E-state index in [1.54, 1.807) is 6.07 Å². The van der Waals surface area contributed by atoms with Crippen LogP contribution in [0.25, 0.3) is 21.8 Å². The molecule has 3 aromatic rings. The lowest BCUT2D eigenvalue weighted by atomic mass is 10.1. The molecule has 3 rings (SSSR count). The van der Waals surface area contributed by atoms with E-state index in [9.17, 15) is 4.79 Å². The molecular formula is C12H7ClN2O2. The number of rotatable bonds is 1. The van der Waals surface area contributed by atoms with Gasteiger partial charge in [0.25, 0.3) is 0 Å². The molecular weight excluding hydrogens is 240 g/mol. The van der Waals surface area contributed by atoms with Crippen LogP contribution in [0, 0.1) is 0 Å². The molecule has 2 aromatic heterocycles. The predicted molar refractivity (Wildman–Crippen MR) is 65.6 cm³/mol. The lowest BCUT2D eigenvalue weighted by Crippen LogP contribution is -1.94. The number of halogens is 1. The summed E-state index contributed by atoms with van der Waals surface area (Å²) in [4.78, 5) is 18.2. The molecule has 2 heterocycles. The third-order valence-electron chi connectivity index (χ3n) is 2.71. The van der Waals surface area contributed by atoms with Crippen LogP contribution in [-0.2, 0) is 0 Å². The molecule has 0 radical (unpaired) electrons. The van der Waals surface area contributed by atoms with Gasteiger partial charge in [0.1, 0.15) is 0 Å². The van der Waals surface area contributed by atoms with Gasteiger partial charge in [-0.15, -0.1) is 0 Å². The molecule has 0 atom stereocenters. The Morgan fingerprint density at radius 1 is 1.35 bits per heavy atom. The predicted octanol–water partition coefficient (Wildman–Crippen LogP) is 3.07. The minimum absolute atomic E-state index is 0.209. The zero-order chi connectivity index (χ0) is 12.0. The largest absolute Gasteiger partial charge is 0.478 e. The van der Waals surface area contributed by atoms with Crippen molar-refractivity contribution in [3.05, 3.63) is 41.2 Å². The number of fused-ring (bicyclic) bond motifs is 3.